The predicted molar refractivity (Wildman–Crippen MR) is 105 cm³/mol. The molecule has 0 radical (unpaired) electrons. The monoisotopic (exact) mass is 360 g/mol. The van der Waals surface area contributed by atoms with Crippen molar-refractivity contribution in [1.29, 1.82) is 0 Å². The van der Waals surface area contributed by atoms with Crippen LogP contribution in [0.1, 0.15) is 21.5 Å². The number of thiophene rings is 1. The van der Waals surface area contributed by atoms with Crippen LogP contribution in [-0.4, -0.2) is 20.9 Å². The Morgan fingerprint density at radius 3 is 2.62 bits per heavy atom. The highest BCUT2D eigenvalue weighted by Crippen LogP contribution is 2.30. The van der Waals surface area contributed by atoms with E-state index in [1.807, 2.05) is 43.5 Å². The molecular weight excluding hydrogens is 344 g/mol. The van der Waals surface area contributed by atoms with E-state index in [1.165, 1.54) is 0 Å². The third-order valence-corrected chi connectivity index (χ3v) is 4.95. The van der Waals surface area contributed by atoms with Gasteiger partial charge in [-0.3, -0.25) is 10.1 Å². The number of amides is 1. The normalized spacial score (nSPS) is 10.8. The van der Waals surface area contributed by atoms with Crippen molar-refractivity contribution in [3.05, 3.63) is 70.9 Å². The van der Waals surface area contributed by atoms with Crippen LogP contribution in [0.3, 0.4) is 0 Å². The van der Waals surface area contributed by atoms with Gasteiger partial charge >= 0.3 is 0 Å². The lowest BCUT2D eigenvalue weighted by molar-refractivity contribution is 0.102. The number of carbonyl (C=O) groups is 1. The highest BCUT2D eigenvalue weighted by molar-refractivity contribution is 7.13. The van der Waals surface area contributed by atoms with Crippen LogP contribution in [0.25, 0.3) is 21.5 Å². The number of rotatable bonds is 3. The number of benzene rings is 1. The molecule has 1 aromatic carbocycles. The van der Waals surface area contributed by atoms with Crippen LogP contribution >= 0.6 is 11.3 Å². The molecule has 0 aliphatic rings. The third kappa shape index (κ3) is 3.07. The maximum Gasteiger partial charge on any atom is 0.258 e. The average molecular weight is 360 g/mol. The second kappa shape index (κ2) is 6.65. The van der Waals surface area contributed by atoms with Gasteiger partial charge in [-0.05, 0) is 49.1 Å². The van der Waals surface area contributed by atoms with Crippen molar-refractivity contribution in [2.45, 2.75) is 13.8 Å². The second-order valence-corrected chi connectivity index (χ2v) is 6.98. The lowest BCUT2D eigenvalue weighted by atomic mass is 10.0. The number of hydrogen-bond acceptors (Lipinski definition) is 5. The maximum absolute atomic E-state index is 13.0. The molecule has 26 heavy (non-hydrogen) atoms. The number of fused-ring (bicyclic) bond motifs is 1. The molecule has 1 N–H and O–H groups in total. The topological polar surface area (TPSA) is 67.8 Å². The van der Waals surface area contributed by atoms with Crippen molar-refractivity contribution in [2.24, 2.45) is 0 Å². The van der Waals surface area contributed by atoms with Crippen LogP contribution in [0.5, 0.6) is 0 Å². The van der Waals surface area contributed by atoms with Gasteiger partial charge in [-0.2, -0.15) is 0 Å². The number of aryl methyl sites for hydroxylation is 2. The molecule has 0 aliphatic carbocycles. The number of nitrogens with one attached hydrogen (secondary N) is 1. The van der Waals surface area contributed by atoms with Crippen LogP contribution in [0.4, 0.5) is 5.95 Å². The highest BCUT2D eigenvalue weighted by Gasteiger charge is 2.17. The van der Waals surface area contributed by atoms with Crippen LogP contribution < -0.4 is 5.32 Å². The third-order valence-electron chi connectivity index (χ3n) is 4.06. The van der Waals surface area contributed by atoms with Crippen molar-refractivity contribution in [2.75, 3.05) is 5.32 Å². The fraction of sp³-hybridized carbons (Fsp3) is 0.100. The molecule has 0 fully saturated rings. The molecule has 4 aromatic rings. The minimum atomic E-state index is -0.244. The Bertz CT molecular complexity index is 1090. The summed E-state index contributed by atoms with van der Waals surface area (Å²) in [5, 5.41) is 5.61. The molecule has 5 nitrogen and oxygen atoms in total. The van der Waals surface area contributed by atoms with E-state index in [2.05, 4.69) is 21.4 Å². The Morgan fingerprint density at radius 2 is 1.88 bits per heavy atom. The van der Waals surface area contributed by atoms with E-state index in [-0.39, 0.29) is 11.9 Å². The predicted octanol–water partition coefficient (Wildman–Crippen LogP) is 4.62. The number of hydrogen-bond donors (Lipinski definition) is 1. The average Bonchev–Trinajstić information content (AvgIpc) is 3.16. The largest absolute Gasteiger partial charge is 0.290 e. The Hall–Kier alpha value is -3.12. The van der Waals surface area contributed by atoms with Gasteiger partial charge in [-0.15, -0.1) is 11.3 Å². The van der Waals surface area contributed by atoms with Gasteiger partial charge in [0.25, 0.3) is 5.91 Å². The summed E-state index contributed by atoms with van der Waals surface area (Å²) in [7, 11) is 0. The molecule has 128 valence electrons. The summed E-state index contributed by atoms with van der Waals surface area (Å²) >= 11 is 1.60. The van der Waals surface area contributed by atoms with Gasteiger partial charge in [-0.25, -0.2) is 15.0 Å². The molecule has 0 aliphatic heterocycles. The lowest BCUT2D eigenvalue weighted by Gasteiger charge is -2.11. The fourth-order valence-electron chi connectivity index (χ4n) is 2.95. The molecule has 3 aromatic heterocycles. The Morgan fingerprint density at radius 1 is 1.08 bits per heavy atom. The number of nitrogens with zero attached hydrogens (tertiary/aromatic N) is 3. The van der Waals surface area contributed by atoms with E-state index in [0.29, 0.717) is 5.56 Å². The number of carbonyl (C=O) groups excluding carboxylic acids is 1. The van der Waals surface area contributed by atoms with E-state index in [4.69, 9.17) is 4.98 Å². The lowest BCUT2D eigenvalue weighted by Crippen LogP contribution is -2.15. The summed E-state index contributed by atoms with van der Waals surface area (Å²) in [5.74, 6) is 0.0379. The SMILES string of the molecule is Cc1cc(C)c2nc(-c3cccs3)cc(C(=O)Nc3ncccn3)c2c1. The first-order chi connectivity index (χ1) is 12.6. The van der Waals surface area contributed by atoms with Crippen LogP contribution in [0.15, 0.2) is 54.2 Å². The highest BCUT2D eigenvalue weighted by atomic mass is 32.1. The number of aromatic nitrogens is 3. The van der Waals surface area contributed by atoms with Crippen LogP contribution in [0.2, 0.25) is 0 Å². The molecular formula is C20H16N4OS. The smallest absolute Gasteiger partial charge is 0.258 e. The number of pyridine rings is 1. The van der Waals surface area contributed by atoms with Crippen molar-refractivity contribution >= 4 is 34.1 Å². The molecule has 0 saturated carbocycles. The van der Waals surface area contributed by atoms with E-state index >= 15 is 0 Å². The zero-order valence-electron chi connectivity index (χ0n) is 14.4. The Balaban J connectivity index is 1.89. The molecule has 0 unspecified atom stereocenters. The van der Waals surface area contributed by atoms with E-state index in [1.54, 1.807) is 29.8 Å². The van der Waals surface area contributed by atoms with Crippen molar-refractivity contribution in [3.63, 3.8) is 0 Å². The minimum absolute atomic E-state index is 0.244. The standard InChI is InChI=1S/C20H16N4OS/c1-12-9-13(2)18-14(10-12)15(11-16(23-18)17-5-3-8-26-17)19(25)24-20-21-6-4-7-22-20/h3-11H,1-2H3,(H,21,22,24,25). The molecule has 4 rings (SSSR count). The molecule has 0 spiro atoms. The molecule has 0 bridgehead atoms. The minimum Gasteiger partial charge on any atom is -0.290 e. The Labute approximate surface area is 154 Å². The van der Waals surface area contributed by atoms with E-state index in [9.17, 15) is 4.79 Å². The van der Waals surface area contributed by atoms with Gasteiger partial charge in [0.2, 0.25) is 5.95 Å². The van der Waals surface area contributed by atoms with Crippen LogP contribution in [-0.2, 0) is 0 Å². The molecule has 0 saturated heterocycles. The second-order valence-electron chi connectivity index (χ2n) is 6.04. The first kappa shape index (κ1) is 16.4. The van der Waals surface area contributed by atoms with Gasteiger partial charge in [-0.1, -0.05) is 17.7 Å². The summed E-state index contributed by atoms with van der Waals surface area (Å²) in [5.41, 5.74) is 4.32. The zero-order valence-corrected chi connectivity index (χ0v) is 15.2. The summed E-state index contributed by atoms with van der Waals surface area (Å²) in [6, 6.07) is 11.6. The summed E-state index contributed by atoms with van der Waals surface area (Å²) < 4.78 is 0. The summed E-state index contributed by atoms with van der Waals surface area (Å²) in [4.78, 5) is 26.9. The first-order valence-corrected chi connectivity index (χ1v) is 9.04. The van der Waals surface area contributed by atoms with Crippen molar-refractivity contribution in [3.8, 4) is 10.6 Å². The quantitative estimate of drug-likeness (QED) is 0.579. The van der Waals surface area contributed by atoms with E-state index in [0.717, 1.165) is 32.6 Å². The first-order valence-electron chi connectivity index (χ1n) is 8.16. The van der Waals surface area contributed by atoms with Gasteiger partial charge in [0, 0.05) is 17.8 Å². The zero-order chi connectivity index (χ0) is 18.1. The fourth-order valence-corrected chi connectivity index (χ4v) is 3.64. The molecule has 3 heterocycles. The summed E-state index contributed by atoms with van der Waals surface area (Å²) in [6.45, 7) is 4.03. The van der Waals surface area contributed by atoms with Crippen LogP contribution in [0, 0.1) is 13.8 Å². The molecule has 6 heteroatoms. The van der Waals surface area contributed by atoms with Gasteiger partial charge in [0.15, 0.2) is 0 Å². The van der Waals surface area contributed by atoms with Gasteiger partial charge < -0.3 is 0 Å². The van der Waals surface area contributed by atoms with Gasteiger partial charge in [0.1, 0.15) is 0 Å². The number of anilines is 1. The summed E-state index contributed by atoms with van der Waals surface area (Å²) in [6.07, 6.45) is 3.19. The van der Waals surface area contributed by atoms with Gasteiger partial charge in [0.05, 0.1) is 21.7 Å². The molecule has 0 atom stereocenters. The Kier molecular flexibility index (Phi) is 4.18. The van der Waals surface area contributed by atoms with Crippen molar-refractivity contribution < 1.29 is 4.79 Å². The molecule has 1 amide bonds. The van der Waals surface area contributed by atoms with Crippen molar-refractivity contribution in [1.82, 2.24) is 15.0 Å². The maximum atomic E-state index is 13.0. The van der Waals surface area contributed by atoms with E-state index < -0.39 is 0 Å².